The maximum Gasteiger partial charge on any atom is 0.405 e. The van der Waals surface area contributed by atoms with Crippen molar-refractivity contribution in [2.75, 3.05) is 0 Å². The van der Waals surface area contributed by atoms with E-state index in [1.54, 1.807) is 0 Å². The fourth-order valence-corrected chi connectivity index (χ4v) is 5.34. The van der Waals surface area contributed by atoms with E-state index < -0.39 is 28.6 Å². The van der Waals surface area contributed by atoms with E-state index in [1.165, 1.54) is 20.8 Å². The Morgan fingerprint density at radius 1 is 1.04 bits per heavy atom. The molecule has 4 aliphatic rings. The van der Waals surface area contributed by atoms with Gasteiger partial charge in [-0.1, -0.05) is 20.8 Å². The molecule has 0 N–H and O–H groups in total. The molecule has 4 aliphatic carbocycles. The first-order valence-electron chi connectivity index (χ1n) is 8.61. The average Bonchev–Trinajstić information content (AvgIpc) is 2.76. The summed E-state index contributed by atoms with van der Waals surface area (Å²) < 4.78 is 46.9. The molecule has 23 heavy (non-hydrogen) atoms. The third kappa shape index (κ3) is 2.17. The Labute approximate surface area is 136 Å². The zero-order valence-electron chi connectivity index (χ0n) is 14.6. The molecule has 0 spiro atoms. The number of rotatable bonds is 2. The monoisotopic (exact) mass is 332 g/mol. The third-order valence-electron chi connectivity index (χ3n) is 7.33. The normalized spacial score (nSPS) is 41.9. The Morgan fingerprint density at radius 3 is 2.13 bits per heavy atom. The van der Waals surface area contributed by atoms with Crippen molar-refractivity contribution in [2.45, 2.75) is 72.1 Å². The summed E-state index contributed by atoms with van der Waals surface area (Å²) in [5.74, 6) is 0.588. The van der Waals surface area contributed by atoms with Gasteiger partial charge in [0.15, 0.2) is 5.41 Å². The van der Waals surface area contributed by atoms with Gasteiger partial charge in [0.25, 0.3) is 0 Å². The molecular formula is C18H27F3O2. The lowest BCUT2D eigenvalue weighted by molar-refractivity contribution is -0.264. The van der Waals surface area contributed by atoms with Gasteiger partial charge < -0.3 is 4.74 Å². The second-order valence-electron chi connectivity index (χ2n) is 9.32. The van der Waals surface area contributed by atoms with E-state index in [0.29, 0.717) is 11.8 Å². The van der Waals surface area contributed by atoms with Crippen molar-refractivity contribution in [3.63, 3.8) is 0 Å². The summed E-state index contributed by atoms with van der Waals surface area (Å²) in [4.78, 5) is 12.7. The minimum absolute atomic E-state index is 0.228. The molecule has 0 amide bonds. The van der Waals surface area contributed by atoms with E-state index >= 15 is 0 Å². The molecule has 0 aromatic heterocycles. The molecule has 0 aromatic carbocycles. The number of alkyl halides is 3. The highest BCUT2D eigenvalue weighted by Gasteiger charge is 2.68. The zero-order valence-corrected chi connectivity index (χ0v) is 14.6. The van der Waals surface area contributed by atoms with E-state index in [1.807, 2.05) is 6.92 Å². The van der Waals surface area contributed by atoms with Crippen molar-refractivity contribution in [1.82, 2.24) is 0 Å². The highest BCUT2D eigenvalue weighted by molar-refractivity contribution is 5.79. The molecule has 132 valence electrons. The number of hydrogen-bond donors (Lipinski definition) is 0. The molecule has 0 aromatic rings. The van der Waals surface area contributed by atoms with Crippen LogP contribution in [0.25, 0.3) is 0 Å². The van der Waals surface area contributed by atoms with Crippen LogP contribution in [-0.2, 0) is 9.53 Å². The van der Waals surface area contributed by atoms with Crippen molar-refractivity contribution < 1.29 is 22.7 Å². The number of carbonyl (C=O) groups excluding carboxylic acids is 1. The Morgan fingerprint density at radius 2 is 1.65 bits per heavy atom. The molecule has 4 rings (SSSR count). The van der Waals surface area contributed by atoms with Gasteiger partial charge in [-0.25, -0.2) is 0 Å². The molecule has 0 saturated heterocycles. The summed E-state index contributed by atoms with van der Waals surface area (Å²) in [6.07, 6.45) is -0.472. The Kier molecular flexibility index (Phi) is 3.47. The molecule has 4 saturated carbocycles. The summed E-state index contributed by atoms with van der Waals surface area (Å²) in [5.41, 5.74) is -4.47. The molecule has 6 atom stereocenters. The van der Waals surface area contributed by atoms with Gasteiger partial charge in [-0.3, -0.25) is 4.79 Å². The first-order chi connectivity index (χ1) is 10.3. The maximum absolute atomic E-state index is 13.7. The zero-order chi connectivity index (χ0) is 17.4. The van der Waals surface area contributed by atoms with Crippen LogP contribution >= 0.6 is 0 Å². The van der Waals surface area contributed by atoms with Crippen LogP contribution in [0, 0.1) is 34.5 Å². The lowest BCUT2D eigenvalue weighted by atomic mass is 9.66. The van der Waals surface area contributed by atoms with E-state index in [0.717, 1.165) is 32.6 Å². The smallest absolute Gasteiger partial charge is 0.405 e. The fourth-order valence-electron chi connectivity index (χ4n) is 5.34. The number of ether oxygens (including phenoxy) is 1. The first-order valence-corrected chi connectivity index (χ1v) is 8.61. The Hall–Kier alpha value is -0.740. The van der Waals surface area contributed by atoms with E-state index in [2.05, 4.69) is 0 Å². The van der Waals surface area contributed by atoms with Crippen molar-refractivity contribution in [1.29, 1.82) is 0 Å². The summed E-state index contributed by atoms with van der Waals surface area (Å²) in [6, 6.07) is 0. The summed E-state index contributed by atoms with van der Waals surface area (Å²) in [7, 11) is 0. The highest BCUT2D eigenvalue weighted by atomic mass is 19.4. The van der Waals surface area contributed by atoms with Gasteiger partial charge in [0.2, 0.25) is 0 Å². The van der Waals surface area contributed by atoms with Crippen LogP contribution < -0.4 is 0 Å². The van der Waals surface area contributed by atoms with Gasteiger partial charge in [0.05, 0.1) is 0 Å². The van der Waals surface area contributed by atoms with E-state index in [-0.39, 0.29) is 11.8 Å². The van der Waals surface area contributed by atoms with Crippen molar-refractivity contribution >= 4 is 5.97 Å². The Bertz CT molecular complexity index is 501. The average molecular weight is 332 g/mol. The molecule has 2 nitrogen and oxygen atoms in total. The second-order valence-corrected chi connectivity index (χ2v) is 9.32. The van der Waals surface area contributed by atoms with Gasteiger partial charge in [-0.05, 0) is 62.7 Å². The van der Waals surface area contributed by atoms with Crippen LogP contribution in [0.5, 0.6) is 0 Å². The van der Waals surface area contributed by atoms with Crippen LogP contribution in [-0.4, -0.2) is 17.7 Å². The number of hydrogen-bond acceptors (Lipinski definition) is 2. The molecule has 6 unspecified atom stereocenters. The fraction of sp³-hybridized carbons (Fsp3) is 0.944. The maximum atomic E-state index is 13.7. The molecule has 5 heteroatoms. The SMILES string of the molecule is CC1(OC(=O)C(C)(C(C)(C)C)C(F)(F)F)C2CC3CC(C2)C1C3. The standard InChI is InChI=1S/C18H27F3O2/c1-15(2,3)17(5,18(19,20)21)14(22)23-16(4)12-7-10-6-11(9-12)13(16)8-10/h10-13H,6-9H2,1-5H3. The van der Waals surface area contributed by atoms with Crippen LogP contribution in [0.1, 0.15) is 60.3 Å². The minimum Gasteiger partial charge on any atom is -0.458 e. The molecule has 4 bridgehead atoms. The van der Waals surface area contributed by atoms with E-state index in [9.17, 15) is 18.0 Å². The highest BCUT2D eigenvalue weighted by Crippen LogP contribution is 2.64. The van der Waals surface area contributed by atoms with Gasteiger partial charge in [-0.15, -0.1) is 0 Å². The van der Waals surface area contributed by atoms with Crippen LogP contribution in [0.2, 0.25) is 0 Å². The molecule has 0 radical (unpaired) electrons. The largest absolute Gasteiger partial charge is 0.458 e. The van der Waals surface area contributed by atoms with E-state index in [4.69, 9.17) is 4.74 Å². The van der Waals surface area contributed by atoms with Gasteiger partial charge in [0.1, 0.15) is 5.60 Å². The molecule has 0 heterocycles. The second kappa shape index (κ2) is 4.66. The van der Waals surface area contributed by atoms with Gasteiger partial charge in [-0.2, -0.15) is 13.2 Å². The van der Waals surface area contributed by atoms with Crippen molar-refractivity contribution in [3.8, 4) is 0 Å². The predicted molar refractivity (Wildman–Crippen MR) is 80.5 cm³/mol. The summed E-state index contributed by atoms with van der Waals surface area (Å²) in [5, 5.41) is 0. The number of halogens is 3. The lowest BCUT2D eigenvalue weighted by Crippen LogP contribution is -2.56. The van der Waals surface area contributed by atoms with Gasteiger partial charge >= 0.3 is 12.1 Å². The van der Waals surface area contributed by atoms with Crippen LogP contribution in [0.15, 0.2) is 0 Å². The number of esters is 1. The molecule has 0 aliphatic heterocycles. The minimum atomic E-state index is -4.63. The summed E-state index contributed by atoms with van der Waals surface area (Å²) >= 11 is 0. The lowest BCUT2D eigenvalue weighted by Gasteiger charge is -2.46. The van der Waals surface area contributed by atoms with Crippen molar-refractivity contribution in [3.05, 3.63) is 0 Å². The first kappa shape index (κ1) is 17.1. The molecule has 4 fully saturated rings. The summed E-state index contributed by atoms with van der Waals surface area (Å²) in [6.45, 7) is 7.23. The van der Waals surface area contributed by atoms with Crippen molar-refractivity contribution in [2.24, 2.45) is 34.5 Å². The molecular weight excluding hydrogens is 305 g/mol. The third-order valence-corrected chi connectivity index (χ3v) is 7.33. The number of carbonyl (C=O) groups is 1. The van der Waals surface area contributed by atoms with Gasteiger partial charge in [0, 0.05) is 5.92 Å². The Balaban J connectivity index is 1.89. The van der Waals surface area contributed by atoms with Crippen LogP contribution in [0.4, 0.5) is 13.2 Å². The quantitative estimate of drug-likeness (QED) is 0.667. The predicted octanol–water partition coefficient (Wildman–Crippen LogP) is 4.97. The van der Waals surface area contributed by atoms with Crippen LogP contribution in [0.3, 0.4) is 0 Å². The topological polar surface area (TPSA) is 26.3 Å².